The minimum Gasteiger partial charge on any atom is -0.356 e. The van der Waals surface area contributed by atoms with E-state index >= 15 is 0 Å². The molecule has 0 fully saturated rings. The summed E-state index contributed by atoms with van der Waals surface area (Å²) in [5.74, 6) is 0.139. The number of rotatable bonds is 7. The Morgan fingerprint density at radius 3 is 2.46 bits per heavy atom. The minimum absolute atomic E-state index is 0. The molecule has 0 spiro atoms. The highest BCUT2D eigenvalue weighted by atomic mass is 127. The summed E-state index contributed by atoms with van der Waals surface area (Å²) >= 11 is 0. The number of hydrogen-bond acceptors (Lipinski definition) is 4. The number of anilines is 1. The van der Waals surface area contributed by atoms with E-state index in [1.54, 1.807) is 25.2 Å². The Kier molecular flexibility index (Phi) is 9.90. The van der Waals surface area contributed by atoms with Crippen LogP contribution in [0.4, 0.5) is 23.5 Å². The fourth-order valence-electron chi connectivity index (χ4n) is 2.19. The largest absolute Gasteiger partial charge is 0.433 e. The van der Waals surface area contributed by atoms with Crippen molar-refractivity contribution in [3.8, 4) is 0 Å². The number of aliphatic imine (C=N–C) groups is 1. The molecule has 0 radical (unpaired) electrons. The molecule has 0 aliphatic heterocycles. The van der Waals surface area contributed by atoms with Crippen molar-refractivity contribution < 1.29 is 17.6 Å². The molecule has 0 saturated carbocycles. The Morgan fingerprint density at radius 1 is 1.07 bits per heavy atom. The maximum atomic E-state index is 13.5. The summed E-state index contributed by atoms with van der Waals surface area (Å²) in [6.45, 7) is 1.14. The number of hydrogen-bond donors (Lipinski definition) is 3. The van der Waals surface area contributed by atoms with Crippen molar-refractivity contribution in [3.63, 3.8) is 0 Å². The number of nitrogens with one attached hydrogen (secondary N) is 3. The van der Waals surface area contributed by atoms with E-state index < -0.39 is 11.9 Å². The zero-order chi connectivity index (χ0) is 19.7. The van der Waals surface area contributed by atoms with E-state index in [2.05, 4.69) is 30.9 Å². The van der Waals surface area contributed by atoms with Crippen LogP contribution < -0.4 is 16.0 Å². The number of alkyl halides is 3. The zero-order valence-corrected chi connectivity index (χ0v) is 17.4. The van der Waals surface area contributed by atoms with Crippen molar-refractivity contribution in [3.05, 3.63) is 53.6 Å². The summed E-state index contributed by atoms with van der Waals surface area (Å²) in [6.07, 6.45) is -2.97. The van der Waals surface area contributed by atoms with E-state index in [1.165, 1.54) is 6.07 Å². The maximum absolute atomic E-state index is 13.5. The smallest absolute Gasteiger partial charge is 0.356 e. The molecule has 2 aromatic rings. The van der Waals surface area contributed by atoms with Crippen molar-refractivity contribution >= 4 is 35.9 Å². The molecule has 0 aliphatic carbocycles. The van der Waals surface area contributed by atoms with Gasteiger partial charge < -0.3 is 16.0 Å². The Balaban J connectivity index is 0.00000392. The van der Waals surface area contributed by atoms with Gasteiger partial charge in [0.25, 0.3) is 0 Å². The lowest BCUT2D eigenvalue weighted by Gasteiger charge is -2.13. The highest BCUT2D eigenvalue weighted by Gasteiger charge is 2.32. The number of nitrogens with zero attached hydrogens (tertiary/aromatic N) is 3. The summed E-state index contributed by atoms with van der Waals surface area (Å²) in [6, 6.07) is 7.34. The molecule has 154 valence electrons. The topological polar surface area (TPSA) is 74.2 Å². The van der Waals surface area contributed by atoms with Crippen molar-refractivity contribution in [1.29, 1.82) is 0 Å². The highest BCUT2D eigenvalue weighted by Crippen LogP contribution is 2.27. The highest BCUT2D eigenvalue weighted by molar-refractivity contribution is 14.0. The van der Waals surface area contributed by atoms with Gasteiger partial charge in [0.1, 0.15) is 11.5 Å². The lowest BCUT2D eigenvalue weighted by atomic mass is 10.1. The van der Waals surface area contributed by atoms with Gasteiger partial charge >= 0.3 is 6.18 Å². The van der Waals surface area contributed by atoms with E-state index in [9.17, 15) is 17.6 Å². The molecule has 1 aromatic heterocycles. The van der Waals surface area contributed by atoms with Crippen LogP contribution in [0.5, 0.6) is 0 Å². The van der Waals surface area contributed by atoms with Gasteiger partial charge in [0.2, 0.25) is 5.95 Å². The Bertz CT molecular complexity index is 769. The third-order valence-electron chi connectivity index (χ3n) is 3.51. The summed E-state index contributed by atoms with van der Waals surface area (Å²) in [4.78, 5) is 11.2. The molecule has 0 saturated heterocycles. The first-order valence-corrected chi connectivity index (χ1v) is 8.22. The Hall–Kier alpha value is -2.18. The van der Waals surface area contributed by atoms with Crippen LogP contribution in [0.3, 0.4) is 0 Å². The number of guanidine groups is 1. The summed E-state index contributed by atoms with van der Waals surface area (Å²) in [5, 5.41) is 8.74. The van der Waals surface area contributed by atoms with E-state index in [-0.39, 0.29) is 42.3 Å². The quantitative estimate of drug-likeness (QED) is 0.175. The molecule has 1 aromatic carbocycles. The van der Waals surface area contributed by atoms with Crippen LogP contribution in [0.1, 0.15) is 11.3 Å². The number of benzene rings is 1. The normalized spacial score (nSPS) is 11.5. The van der Waals surface area contributed by atoms with E-state index in [0.29, 0.717) is 31.0 Å². The van der Waals surface area contributed by atoms with E-state index in [0.717, 1.165) is 12.3 Å². The Morgan fingerprint density at radius 2 is 1.79 bits per heavy atom. The standard InChI is InChI=1S/C17H20F4N6.HI/c1-22-15(23-8-6-12-4-2-3-5-13(12)18)25-10-11-26-16-24-9-7-14(27-16)17(19,20)21;/h2-5,7,9H,6,8,10-11H2,1H3,(H2,22,23,25)(H,24,26,27);1H. The van der Waals surface area contributed by atoms with Crippen LogP contribution in [0.25, 0.3) is 0 Å². The fourth-order valence-corrected chi connectivity index (χ4v) is 2.19. The lowest BCUT2D eigenvalue weighted by Crippen LogP contribution is -2.40. The molecule has 2 rings (SSSR count). The summed E-state index contributed by atoms with van der Waals surface area (Å²) < 4.78 is 51.3. The summed E-state index contributed by atoms with van der Waals surface area (Å²) in [5.41, 5.74) is -0.401. The number of halogens is 5. The monoisotopic (exact) mass is 512 g/mol. The second-order valence-electron chi connectivity index (χ2n) is 5.46. The van der Waals surface area contributed by atoms with Gasteiger partial charge in [-0.1, -0.05) is 18.2 Å². The first-order chi connectivity index (χ1) is 12.9. The van der Waals surface area contributed by atoms with Crippen molar-refractivity contribution in [2.24, 2.45) is 4.99 Å². The molecule has 6 nitrogen and oxygen atoms in total. The molecule has 1 heterocycles. The van der Waals surface area contributed by atoms with Crippen LogP contribution in [-0.2, 0) is 12.6 Å². The summed E-state index contributed by atoms with van der Waals surface area (Å²) in [7, 11) is 1.59. The second-order valence-corrected chi connectivity index (χ2v) is 5.46. The molecule has 11 heteroatoms. The molecular weight excluding hydrogens is 491 g/mol. The van der Waals surface area contributed by atoms with Gasteiger partial charge in [-0.15, -0.1) is 24.0 Å². The predicted molar refractivity (Wildman–Crippen MR) is 110 cm³/mol. The van der Waals surface area contributed by atoms with Crippen LogP contribution >= 0.6 is 24.0 Å². The van der Waals surface area contributed by atoms with Gasteiger partial charge in [-0.25, -0.2) is 14.4 Å². The van der Waals surface area contributed by atoms with Gasteiger partial charge in [0.15, 0.2) is 5.96 Å². The SMILES string of the molecule is CN=C(NCCNc1nccc(C(F)(F)F)n1)NCCc1ccccc1F.I. The van der Waals surface area contributed by atoms with Gasteiger partial charge in [-0.2, -0.15) is 13.2 Å². The average molecular weight is 512 g/mol. The predicted octanol–water partition coefficient (Wildman–Crippen LogP) is 3.07. The molecule has 0 bridgehead atoms. The first kappa shape index (κ1) is 23.9. The average Bonchev–Trinajstić information content (AvgIpc) is 2.64. The maximum Gasteiger partial charge on any atom is 0.433 e. The van der Waals surface area contributed by atoms with Crippen molar-refractivity contribution in [1.82, 2.24) is 20.6 Å². The molecular formula is C17H21F4IN6. The molecule has 0 atom stereocenters. The fraction of sp³-hybridized carbons (Fsp3) is 0.353. The van der Waals surface area contributed by atoms with Crippen LogP contribution in [0.2, 0.25) is 0 Å². The van der Waals surface area contributed by atoms with E-state index in [1.807, 2.05) is 0 Å². The zero-order valence-electron chi connectivity index (χ0n) is 15.1. The first-order valence-electron chi connectivity index (χ1n) is 8.22. The molecule has 3 N–H and O–H groups in total. The van der Waals surface area contributed by atoms with Gasteiger partial charge in [-0.05, 0) is 24.1 Å². The Labute approximate surface area is 177 Å². The van der Waals surface area contributed by atoms with E-state index in [4.69, 9.17) is 0 Å². The second kappa shape index (κ2) is 11.6. The molecule has 0 amide bonds. The lowest BCUT2D eigenvalue weighted by molar-refractivity contribution is -0.141. The van der Waals surface area contributed by atoms with Crippen molar-refractivity contribution in [2.45, 2.75) is 12.6 Å². The third kappa shape index (κ3) is 7.82. The van der Waals surface area contributed by atoms with Crippen LogP contribution in [-0.4, -0.2) is 42.6 Å². The van der Waals surface area contributed by atoms with Gasteiger partial charge in [0, 0.05) is 32.9 Å². The third-order valence-corrected chi connectivity index (χ3v) is 3.51. The van der Waals surface area contributed by atoms with Crippen molar-refractivity contribution in [2.75, 3.05) is 32.0 Å². The number of aromatic nitrogens is 2. The minimum atomic E-state index is -4.51. The molecule has 28 heavy (non-hydrogen) atoms. The van der Waals surface area contributed by atoms with Crippen LogP contribution in [0.15, 0.2) is 41.5 Å². The van der Waals surface area contributed by atoms with Gasteiger partial charge in [0.05, 0.1) is 0 Å². The van der Waals surface area contributed by atoms with Crippen LogP contribution in [0, 0.1) is 5.82 Å². The molecule has 0 unspecified atom stereocenters. The molecule has 0 aliphatic rings. The van der Waals surface area contributed by atoms with Gasteiger partial charge in [-0.3, -0.25) is 4.99 Å².